The van der Waals surface area contributed by atoms with Gasteiger partial charge in [-0.05, 0) is 36.8 Å². The lowest BCUT2D eigenvalue weighted by Crippen LogP contribution is -2.09. The van der Waals surface area contributed by atoms with E-state index >= 15 is 0 Å². The topological polar surface area (TPSA) is 20.2 Å². The molecule has 0 unspecified atom stereocenters. The quantitative estimate of drug-likeness (QED) is 0.896. The summed E-state index contributed by atoms with van der Waals surface area (Å²) in [5, 5.41) is 4.15. The molecule has 3 nitrogen and oxygen atoms in total. The number of nitrogens with one attached hydrogen (secondary N) is 1. The molecule has 1 N–H and O–H groups in total. The van der Waals surface area contributed by atoms with Gasteiger partial charge >= 0.3 is 0 Å². The summed E-state index contributed by atoms with van der Waals surface area (Å²) in [4.78, 5) is 2.01. The largest absolute Gasteiger partial charge is 0.381 e. The van der Waals surface area contributed by atoms with E-state index in [0.717, 1.165) is 29.5 Å². The van der Waals surface area contributed by atoms with E-state index < -0.39 is 0 Å². The minimum Gasteiger partial charge on any atom is -0.381 e. The van der Waals surface area contributed by atoms with Gasteiger partial charge in [0.25, 0.3) is 0 Å². The third-order valence-electron chi connectivity index (χ3n) is 3.10. The fourth-order valence-corrected chi connectivity index (χ4v) is 2.33. The van der Waals surface area contributed by atoms with Crippen LogP contribution in [0.25, 0.3) is 0 Å². The van der Waals surface area contributed by atoms with Gasteiger partial charge in [-0.2, -0.15) is 0 Å². The van der Waals surface area contributed by atoms with Crippen molar-refractivity contribution < 1.29 is 0 Å². The molecule has 0 saturated carbocycles. The SMILES string of the molecule is CCn1ccc(CNc2ccc(N(C)C)c(Cl)c2)c1. The van der Waals surface area contributed by atoms with Crippen molar-refractivity contribution in [3.8, 4) is 0 Å². The number of benzene rings is 1. The van der Waals surface area contributed by atoms with Gasteiger partial charge in [0.05, 0.1) is 10.7 Å². The fraction of sp³-hybridized carbons (Fsp3) is 0.333. The highest BCUT2D eigenvalue weighted by molar-refractivity contribution is 6.33. The average Bonchev–Trinajstić information content (AvgIpc) is 2.84. The lowest BCUT2D eigenvalue weighted by atomic mass is 10.2. The van der Waals surface area contributed by atoms with E-state index in [9.17, 15) is 0 Å². The zero-order valence-electron chi connectivity index (χ0n) is 11.7. The standard InChI is InChI=1S/C15H20ClN3/c1-4-19-8-7-12(11-19)10-17-13-5-6-15(18(2)3)14(16)9-13/h5-9,11,17H,4,10H2,1-3H3. The summed E-state index contributed by atoms with van der Waals surface area (Å²) in [6.45, 7) is 3.95. The second-order valence-electron chi connectivity index (χ2n) is 4.76. The normalized spacial score (nSPS) is 10.5. The Hall–Kier alpha value is -1.61. The van der Waals surface area contributed by atoms with Crippen LogP contribution in [0.3, 0.4) is 0 Å². The smallest absolute Gasteiger partial charge is 0.0659 e. The molecule has 19 heavy (non-hydrogen) atoms. The molecule has 102 valence electrons. The molecule has 4 heteroatoms. The summed E-state index contributed by atoms with van der Waals surface area (Å²) in [7, 11) is 3.98. The summed E-state index contributed by atoms with van der Waals surface area (Å²) in [6, 6.07) is 8.18. The van der Waals surface area contributed by atoms with E-state index in [-0.39, 0.29) is 0 Å². The van der Waals surface area contributed by atoms with Gasteiger partial charge in [-0.25, -0.2) is 0 Å². The molecule has 0 atom stereocenters. The number of aromatic nitrogens is 1. The Labute approximate surface area is 119 Å². The maximum atomic E-state index is 6.25. The monoisotopic (exact) mass is 277 g/mol. The van der Waals surface area contributed by atoms with Crippen molar-refractivity contribution in [1.29, 1.82) is 0 Å². The number of hydrogen-bond acceptors (Lipinski definition) is 2. The maximum Gasteiger partial charge on any atom is 0.0659 e. The third-order valence-corrected chi connectivity index (χ3v) is 3.41. The first-order valence-electron chi connectivity index (χ1n) is 6.45. The first-order valence-corrected chi connectivity index (χ1v) is 6.83. The molecular formula is C15H20ClN3. The lowest BCUT2D eigenvalue weighted by Gasteiger charge is -2.15. The lowest BCUT2D eigenvalue weighted by molar-refractivity contribution is 0.766. The summed E-state index contributed by atoms with van der Waals surface area (Å²) in [6.07, 6.45) is 4.25. The molecule has 1 heterocycles. The number of anilines is 2. The number of aryl methyl sites for hydroxylation is 1. The van der Waals surface area contributed by atoms with Crippen LogP contribution >= 0.6 is 11.6 Å². The number of rotatable bonds is 5. The molecule has 1 aromatic heterocycles. The van der Waals surface area contributed by atoms with Crippen LogP contribution < -0.4 is 10.2 Å². The van der Waals surface area contributed by atoms with Crippen LogP contribution in [0.15, 0.2) is 36.7 Å². The van der Waals surface area contributed by atoms with Gasteiger partial charge in [0, 0.05) is 45.3 Å². The number of hydrogen-bond donors (Lipinski definition) is 1. The maximum absolute atomic E-state index is 6.25. The van der Waals surface area contributed by atoms with E-state index in [1.54, 1.807) is 0 Å². The Morgan fingerprint density at radius 3 is 2.63 bits per heavy atom. The molecule has 1 aromatic carbocycles. The van der Waals surface area contributed by atoms with Gasteiger partial charge in [0.15, 0.2) is 0 Å². The molecule has 0 saturated heterocycles. The van der Waals surface area contributed by atoms with Crippen LogP contribution in [-0.4, -0.2) is 18.7 Å². The van der Waals surface area contributed by atoms with Gasteiger partial charge in [-0.1, -0.05) is 11.6 Å². The van der Waals surface area contributed by atoms with Crippen molar-refractivity contribution >= 4 is 23.0 Å². The van der Waals surface area contributed by atoms with E-state index in [0.29, 0.717) is 0 Å². The number of nitrogens with zero attached hydrogens (tertiary/aromatic N) is 2. The van der Waals surface area contributed by atoms with Crippen LogP contribution in [0, 0.1) is 0 Å². The Morgan fingerprint density at radius 1 is 1.26 bits per heavy atom. The summed E-state index contributed by atoms with van der Waals surface area (Å²) >= 11 is 6.25. The minimum atomic E-state index is 0.765. The molecule has 0 fully saturated rings. The van der Waals surface area contributed by atoms with Crippen LogP contribution in [-0.2, 0) is 13.1 Å². The molecule has 0 radical (unpaired) electrons. The summed E-state index contributed by atoms with van der Waals surface area (Å²) in [5.74, 6) is 0. The van der Waals surface area contributed by atoms with Gasteiger partial charge < -0.3 is 14.8 Å². The Morgan fingerprint density at radius 2 is 2.05 bits per heavy atom. The number of halogens is 1. The van der Waals surface area contributed by atoms with Crippen LogP contribution in [0.4, 0.5) is 11.4 Å². The highest BCUT2D eigenvalue weighted by Crippen LogP contribution is 2.27. The summed E-state index contributed by atoms with van der Waals surface area (Å²) < 4.78 is 2.17. The van der Waals surface area contributed by atoms with Crippen molar-refractivity contribution in [1.82, 2.24) is 4.57 Å². The first-order chi connectivity index (χ1) is 9.10. The van der Waals surface area contributed by atoms with Gasteiger partial charge in [0.1, 0.15) is 0 Å². The van der Waals surface area contributed by atoms with E-state index in [1.165, 1.54) is 5.56 Å². The molecular weight excluding hydrogens is 258 g/mol. The summed E-state index contributed by atoms with van der Waals surface area (Å²) in [5.41, 5.74) is 3.35. The van der Waals surface area contributed by atoms with Crippen LogP contribution in [0.2, 0.25) is 5.02 Å². The predicted molar refractivity (Wildman–Crippen MR) is 83.2 cm³/mol. The zero-order valence-corrected chi connectivity index (χ0v) is 12.4. The second kappa shape index (κ2) is 6.02. The van der Waals surface area contributed by atoms with Crippen molar-refractivity contribution in [2.45, 2.75) is 20.0 Å². The van der Waals surface area contributed by atoms with Crippen LogP contribution in [0.5, 0.6) is 0 Å². The Balaban J connectivity index is 2.01. The first kappa shape index (κ1) is 13.8. The molecule has 0 amide bonds. The minimum absolute atomic E-state index is 0.765. The van der Waals surface area contributed by atoms with Crippen molar-refractivity contribution in [2.24, 2.45) is 0 Å². The molecule has 0 aliphatic rings. The molecule has 0 spiro atoms. The van der Waals surface area contributed by atoms with E-state index in [2.05, 4.69) is 41.3 Å². The zero-order chi connectivity index (χ0) is 13.8. The highest BCUT2D eigenvalue weighted by Gasteiger charge is 2.03. The molecule has 2 rings (SSSR count). The van der Waals surface area contributed by atoms with Gasteiger partial charge in [0.2, 0.25) is 0 Å². The molecule has 0 bridgehead atoms. The van der Waals surface area contributed by atoms with Crippen molar-refractivity contribution in [3.63, 3.8) is 0 Å². The Bertz CT molecular complexity index is 546. The molecule has 0 aliphatic carbocycles. The third kappa shape index (κ3) is 3.44. The highest BCUT2D eigenvalue weighted by atomic mass is 35.5. The van der Waals surface area contributed by atoms with Crippen molar-refractivity contribution in [2.75, 3.05) is 24.3 Å². The Kier molecular flexibility index (Phi) is 4.38. The van der Waals surface area contributed by atoms with Gasteiger partial charge in [-0.3, -0.25) is 0 Å². The van der Waals surface area contributed by atoms with E-state index in [4.69, 9.17) is 11.6 Å². The second-order valence-corrected chi connectivity index (χ2v) is 5.17. The van der Waals surface area contributed by atoms with Crippen LogP contribution in [0.1, 0.15) is 12.5 Å². The molecule has 2 aromatic rings. The molecule has 0 aliphatic heterocycles. The van der Waals surface area contributed by atoms with E-state index in [1.807, 2.05) is 31.1 Å². The predicted octanol–water partition coefficient (Wildman–Crippen LogP) is 3.84. The van der Waals surface area contributed by atoms with Gasteiger partial charge in [-0.15, -0.1) is 0 Å². The fourth-order valence-electron chi connectivity index (χ4n) is 1.98. The van der Waals surface area contributed by atoms with Crippen molar-refractivity contribution in [3.05, 3.63) is 47.2 Å². The average molecular weight is 278 g/mol.